The summed E-state index contributed by atoms with van der Waals surface area (Å²) in [6.45, 7) is 3.72. The van der Waals surface area contributed by atoms with Gasteiger partial charge in [-0.25, -0.2) is 4.98 Å². The molecule has 1 amide bonds. The molecule has 4 rings (SSSR count). The number of hydrogen-bond donors (Lipinski definition) is 1. The van der Waals surface area contributed by atoms with Gasteiger partial charge in [0.1, 0.15) is 0 Å². The van der Waals surface area contributed by atoms with Gasteiger partial charge in [0.25, 0.3) is 0 Å². The number of rotatable bonds is 6. The molecular weight excluding hydrogens is 394 g/mol. The minimum atomic E-state index is -0.389. The highest BCUT2D eigenvalue weighted by Gasteiger charge is 2.23. The first kappa shape index (κ1) is 18.5. The van der Waals surface area contributed by atoms with Gasteiger partial charge in [-0.1, -0.05) is 30.0 Å². The number of furan rings is 1. The largest absolute Gasteiger partial charge is 0.461 e. The molecule has 28 heavy (non-hydrogen) atoms. The number of amides is 1. The fourth-order valence-electron chi connectivity index (χ4n) is 2.55. The molecule has 0 spiro atoms. The van der Waals surface area contributed by atoms with Crippen LogP contribution in [-0.4, -0.2) is 30.9 Å². The van der Waals surface area contributed by atoms with Crippen LogP contribution >= 0.6 is 23.1 Å². The van der Waals surface area contributed by atoms with Crippen molar-refractivity contribution in [2.75, 3.05) is 5.32 Å². The van der Waals surface area contributed by atoms with Crippen molar-refractivity contribution >= 4 is 34.1 Å². The lowest BCUT2D eigenvalue weighted by Crippen LogP contribution is -2.22. The molecule has 1 unspecified atom stereocenters. The van der Waals surface area contributed by atoms with Gasteiger partial charge in [-0.2, -0.15) is 0 Å². The maximum Gasteiger partial charge on any atom is 0.239 e. The zero-order chi connectivity index (χ0) is 19.5. The Morgan fingerprint density at radius 2 is 2.04 bits per heavy atom. The summed E-state index contributed by atoms with van der Waals surface area (Å²) < 4.78 is 7.40. The van der Waals surface area contributed by atoms with Crippen molar-refractivity contribution in [2.45, 2.75) is 24.3 Å². The third kappa shape index (κ3) is 3.85. The van der Waals surface area contributed by atoms with Crippen molar-refractivity contribution in [3.8, 4) is 17.3 Å². The van der Waals surface area contributed by atoms with Gasteiger partial charge in [0.05, 0.1) is 17.2 Å². The van der Waals surface area contributed by atoms with Crippen molar-refractivity contribution in [1.29, 1.82) is 0 Å². The number of aromatic nitrogens is 4. The van der Waals surface area contributed by atoms with Gasteiger partial charge in [0.2, 0.25) is 11.7 Å². The van der Waals surface area contributed by atoms with Crippen LogP contribution in [0, 0.1) is 6.92 Å². The number of thioether (sulfide) groups is 1. The van der Waals surface area contributed by atoms with E-state index in [9.17, 15) is 4.79 Å². The second kappa shape index (κ2) is 7.99. The summed E-state index contributed by atoms with van der Waals surface area (Å²) >= 11 is 2.74. The fraction of sp³-hybridized carbons (Fsp3) is 0.158. The van der Waals surface area contributed by atoms with Crippen LogP contribution in [0.25, 0.3) is 17.3 Å². The number of thiazole rings is 1. The van der Waals surface area contributed by atoms with Gasteiger partial charge in [0.15, 0.2) is 16.0 Å². The average Bonchev–Trinajstić information content (AvgIpc) is 3.43. The molecule has 0 aliphatic carbocycles. The number of nitrogens with zero attached hydrogens (tertiary/aromatic N) is 4. The van der Waals surface area contributed by atoms with Crippen molar-refractivity contribution in [3.63, 3.8) is 0 Å². The highest BCUT2D eigenvalue weighted by molar-refractivity contribution is 8.00. The Balaban J connectivity index is 1.61. The number of benzene rings is 1. The average molecular weight is 412 g/mol. The van der Waals surface area contributed by atoms with E-state index in [1.54, 1.807) is 12.3 Å². The minimum absolute atomic E-state index is 0.137. The Morgan fingerprint density at radius 3 is 2.71 bits per heavy atom. The molecule has 0 radical (unpaired) electrons. The number of hydrogen-bond acceptors (Lipinski definition) is 7. The maximum absolute atomic E-state index is 12.6. The van der Waals surface area contributed by atoms with Crippen LogP contribution in [0.15, 0.2) is 63.7 Å². The molecular formula is C19H17N5O2S2. The molecule has 0 fully saturated rings. The highest BCUT2D eigenvalue weighted by Crippen LogP contribution is 2.30. The van der Waals surface area contributed by atoms with Gasteiger partial charge < -0.3 is 9.73 Å². The molecule has 3 heterocycles. The van der Waals surface area contributed by atoms with E-state index in [1.807, 2.05) is 60.2 Å². The molecule has 1 atom stereocenters. The van der Waals surface area contributed by atoms with Crippen molar-refractivity contribution in [1.82, 2.24) is 19.7 Å². The molecule has 0 aliphatic rings. The molecule has 0 bridgehead atoms. The molecule has 1 aromatic carbocycles. The van der Waals surface area contributed by atoms with Crippen LogP contribution in [0.4, 0.5) is 5.13 Å². The summed E-state index contributed by atoms with van der Waals surface area (Å²) in [6.07, 6.45) is 1.60. The zero-order valence-electron chi connectivity index (χ0n) is 15.2. The molecule has 9 heteroatoms. The third-order valence-electron chi connectivity index (χ3n) is 3.89. The smallest absolute Gasteiger partial charge is 0.239 e. The number of nitrogens with one attached hydrogen (secondary N) is 1. The number of carbonyl (C=O) groups excluding carboxylic acids is 1. The predicted octanol–water partition coefficient (Wildman–Crippen LogP) is 4.41. The molecule has 4 aromatic rings. The monoisotopic (exact) mass is 411 g/mol. The van der Waals surface area contributed by atoms with Gasteiger partial charge in [-0.3, -0.25) is 9.36 Å². The van der Waals surface area contributed by atoms with E-state index in [2.05, 4.69) is 20.5 Å². The molecule has 7 nitrogen and oxygen atoms in total. The van der Waals surface area contributed by atoms with Crippen LogP contribution in [-0.2, 0) is 4.79 Å². The molecule has 0 saturated carbocycles. The van der Waals surface area contributed by atoms with E-state index >= 15 is 0 Å². The normalized spacial score (nSPS) is 12.1. The van der Waals surface area contributed by atoms with E-state index < -0.39 is 0 Å². The highest BCUT2D eigenvalue weighted by atomic mass is 32.2. The van der Waals surface area contributed by atoms with Crippen molar-refractivity contribution in [2.24, 2.45) is 0 Å². The number of para-hydroxylation sites is 1. The molecule has 1 N–H and O–H groups in total. The second-order valence-electron chi connectivity index (χ2n) is 6.00. The fourth-order valence-corrected chi connectivity index (χ4v) is 4.11. The number of anilines is 1. The van der Waals surface area contributed by atoms with E-state index in [0.29, 0.717) is 21.9 Å². The number of carbonyl (C=O) groups is 1. The summed E-state index contributed by atoms with van der Waals surface area (Å²) in [5.41, 5.74) is 1.78. The lowest BCUT2D eigenvalue weighted by Gasteiger charge is -2.12. The third-order valence-corrected chi connectivity index (χ3v) is 5.81. The zero-order valence-corrected chi connectivity index (χ0v) is 16.8. The Bertz CT molecular complexity index is 1070. The van der Waals surface area contributed by atoms with Gasteiger partial charge >= 0.3 is 0 Å². The quantitative estimate of drug-likeness (QED) is 0.473. The van der Waals surface area contributed by atoms with Crippen molar-refractivity contribution in [3.05, 3.63) is 59.8 Å². The van der Waals surface area contributed by atoms with Gasteiger partial charge in [-0.15, -0.1) is 21.5 Å². The van der Waals surface area contributed by atoms with Crippen LogP contribution in [0.2, 0.25) is 0 Å². The van der Waals surface area contributed by atoms with Gasteiger partial charge in [0, 0.05) is 11.1 Å². The lowest BCUT2D eigenvalue weighted by molar-refractivity contribution is -0.115. The Hall–Kier alpha value is -2.91. The van der Waals surface area contributed by atoms with E-state index in [1.165, 1.54) is 23.1 Å². The van der Waals surface area contributed by atoms with Crippen LogP contribution in [0.5, 0.6) is 0 Å². The summed E-state index contributed by atoms with van der Waals surface area (Å²) in [5, 5.41) is 14.2. The molecule has 0 saturated heterocycles. The van der Waals surface area contributed by atoms with Crippen molar-refractivity contribution < 1.29 is 9.21 Å². The standard InChI is InChI=1S/C19H17N5O2S2/c1-12-11-27-18(20-12)21-17(25)13(2)28-19-23-22-16(15-9-6-10-26-15)24(19)14-7-4-3-5-8-14/h3-11,13H,1-2H3,(H,20,21,25). The Labute approximate surface area is 169 Å². The van der Waals surface area contributed by atoms with E-state index in [4.69, 9.17) is 4.42 Å². The lowest BCUT2D eigenvalue weighted by atomic mass is 10.3. The van der Waals surface area contributed by atoms with Crippen LogP contribution < -0.4 is 5.32 Å². The Morgan fingerprint density at radius 1 is 1.21 bits per heavy atom. The maximum atomic E-state index is 12.6. The van der Waals surface area contributed by atoms with Crippen LogP contribution in [0.3, 0.4) is 0 Å². The first-order chi connectivity index (χ1) is 13.6. The topological polar surface area (TPSA) is 85.8 Å². The van der Waals surface area contributed by atoms with Crippen LogP contribution in [0.1, 0.15) is 12.6 Å². The summed E-state index contributed by atoms with van der Waals surface area (Å²) in [7, 11) is 0. The first-order valence-corrected chi connectivity index (χ1v) is 10.3. The number of aryl methyl sites for hydroxylation is 1. The van der Waals surface area contributed by atoms with E-state index in [-0.39, 0.29) is 11.2 Å². The van der Waals surface area contributed by atoms with E-state index in [0.717, 1.165) is 11.4 Å². The first-order valence-electron chi connectivity index (χ1n) is 8.56. The second-order valence-corrected chi connectivity index (χ2v) is 8.16. The Kier molecular flexibility index (Phi) is 5.27. The summed E-state index contributed by atoms with van der Waals surface area (Å²) in [5.74, 6) is 1.06. The molecule has 142 valence electrons. The molecule has 3 aromatic heterocycles. The SMILES string of the molecule is Cc1csc(NC(=O)C(C)Sc2nnc(-c3ccco3)n2-c2ccccc2)n1. The summed E-state index contributed by atoms with van der Waals surface area (Å²) in [4.78, 5) is 16.8. The predicted molar refractivity (Wildman–Crippen MR) is 110 cm³/mol. The molecule has 0 aliphatic heterocycles. The minimum Gasteiger partial charge on any atom is -0.461 e. The van der Waals surface area contributed by atoms with Gasteiger partial charge in [-0.05, 0) is 38.1 Å². The summed E-state index contributed by atoms with van der Waals surface area (Å²) in [6, 6.07) is 13.4.